The van der Waals surface area contributed by atoms with Crippen LogP contribution in [0.1, 0.15) is 46.4 Å². The van der Waals surface area contributed by atoms with Crippen LogP contribution in [-0.4, -0.2) is 52.6 Å². The van der Waals surface area contributed by atoms with Gasteiger partial charge in [-0.15, -0.1) is 6.58 Å². The normalized spacial score (nSPS) is 25.3. The molecule has 1 saturated heterocycles. The van der Waals surface area contributed by atoms with Crippen LogP contribution in [0.3, 0.4) is 0 Å². The minimum Gasteiger partial charge on any atom is -0.415 e. The van der Waals surface area contributed by atoms with Crippen molar-refractivity contribution in [2.75, 3.05) is 12.3 Å². The molecule has 0 aromatic carbocycles. The summed E-state index contributed by atoms with van der Waals surface area (Å²) < 4.78 is 14.4. The second-order valence-corrected chi connectivity index (χ2v) is 15.2. The van der Waals surface area contributed by atoms with Gasteiger partial charge in [-0.2, -0.15) is 5.10 Å². The minimum absolute atomic E-state index is 0.0988. The van der Waals surface area contributed by atoms with Gasteiger partial charge in [-0.1, -0.05) is 26.8 Å². The van der Waals surface area contributed by atoms with Crippen molar-refractivity contribution in [1.82, 2.24) is 19.9 Å². The van der Waals surface area contributed by atoms with Crippen LogP contribution in [-0.2, 0) is 9.16 Å². The average molecular weight is 448 g/mol. The fourth-order valence-corrected chi connectivity index (χ4v) is 4.84. The lowest BCUT2D eigenvalue weighted by molar-refractivity contribution is -0.214. The van der Waals surface area contributed by atoms with E-state index >= 15 is 0 Å². The number of ether oxygens (including phenoxy) is 1. The molecule has 4 N–H and O–H groups in total. The summed E-state index contributed by atoms with van der Waals surface area (Å²) in [6.45, 7) is 19.0. The van der Waals surface area contributed by atoms with Gasteiger partial charge in [0.25, 0.3) is 0 Å². The van der Waals surface area contributed by atoms with Gasteiger partial charge in [0.2, 0.25) is 0 Å². The van der Waals surface area contributed by atoms with E-state index < -0.39 is 14.1 Å². The summed E-state index contributed by atoms with van der Waals surface area (Å²) in [5.41, 5.74) is 7.71. The molecule has 31 heavy (non-hydrogen) atoms. The van der Waals surface area contributed by atoms with E-state index in [9.17, 15) is 5.11 Å². The van der Waals surface area contributed by atoms with E-state index in [1.54, 1.807) is 18.4 Å². The summed E-state index contributed by atoms with van der Waals surface area (Å²) in [4.78, 5) is 4.08. The molecule has 3 rings (SSSR count). The maximum atomic E-state index is 10.4. The number of nitrogens with zero attached hydrogens (tertiary/aromatic N) is 3. The Morgan fingerprint density at radius 3 is 2.55 bits per heavy atom. The highest BCUT2D eigenvalue weighted by molar-refractivity contribution is 6.74. The van der Waals surface area contributed by atoms with Gasteiger partial charge in [0, 0.05) is 5.92 Å². The van der Waals surface area contributed by atoms with Gasteiger partial charge in [0.05, 0.1) is 30.5 Å². The summed E-state index contributed by atoms with van der Waals surface area (Å²) in [6, 6.07) is 3.65. The number of nitrogens with one attached hydrogen (secondary N) is 1. The zero-order chi connectivity index (χ0) is 23.2. The number of hydrogen-bond donors (Lipinski definition) is 3. The molecular formula is C22H37N5O3Si. The Bertz CT molecular complexity index is 931. The third-order valence-electron chi connectivity index (χ3n) is 6.51. The van der Waals surface area contributed by atoms with Crippen molar-refractivity contribution in [2.45, 2.75) is 76.7 Å². The highest BCUT2D eigenvalue weighted by Gasteiger charge is 2.47. The molecule has 3 heterocycles. The van der Waals surface area contributed by atoms with E-state index in [-0.39, 0.29) is 29.1 Å². The number of aliphatic hydroxyl groups is 1. The van der Waals surface area contributed by atoms with Crippen molar-refractivity contribution >= 4 is 19.7 Å². The predicted octanol–water partition coefficient (Wildman–Crippen LogP) is 3.26. The number of nitrogens with two attached hydrogens (primary N) is 1. The molecule has 1 aliphatic rings. The fourth-order valence-electron chi connectivity index (χ4n) is 3.81. The SMILES string of the molecule is C=C[C@@H]1[C@H](OC(C)(C)O)[C@@H](CO[Si](C)(C)C(C)(C)C)N[C@H]1c1ccc2c(N)ncnn12. The van der Waals surface area contributed by atoms with Crippen LogP contribution in [0, 0.1) is 5.92 Å². The highest BCUT2D eigenvalue weighted by Crippen LogP contribution is 2.40. The van der Waals surface area contributed by atoms with Gasteiger partial charge in [-0.05, 0) is 44.1 Å². The van der Waals surface area contributed by atoms with E-state index in [1.165, 1.54) is 6.33 Å². The molecule has 1 fully saturated rings. The van der Waals surface area contributed by atoms with Crippen molar-refractivity contribution < 1.29 is 14.3 Å². The summed E-state index contributed by atoms with van der Waals surface area (Å²) in [7, 11) is -1.96. The first-order chi connectivity index (χ1) is 14.2. The van der Waals surface area contributed by atoms with Gasteiger partial charge < -0.3 is 25.3 Å². The largest absolute Gasteiger partial charge is 0.415 e. The Kier molecular flexibility index (Phi) is 6.38. The molecule has 0 radical (unpaired) electrons. The van der Waals surface area contributed by atoms with Crippen LogP contribution < -0.4 is 11.1 Å². The standard InChI is InChI=1S/C22H37N5O3Si/c1-9-14-18(16-10-11-17-20(23)24-13-25-27(16)17)26-15(19(14)30-22(5,6)28)12-29-31(7,8)21(2,3)4/h9-11,13-15,18-19,26,28H,1,12H2,2-8H3,(H2,23,24,25)/t14-,15+,18+,19-/m0/s1. The molecule has 2 aromatic heterocycles. The van der Waals surface area contributed by atoms with Crippen LogP contribution in [0.5, 0.6) is 0 Å². The molecule has 172 valence electrons. The van der Waals surface area contributed by atoms with Crippen LogP contribution in [0.2, 0.25) is 18.1 Å². The Labute approximate surface area is 186 Å². The number of hydrogen-bond acceptors (Lipinski definition) is 7. The minimum atomic E-state index is -1.96. The zero-order valence-electron chi connectivity index (χ0n) is 19.7. The van der Waals surface area contributed by atoms with Crippen molar-refractivity contribution in [1.29, 1.82) is 0 Å². The quantitative estimate of drug-likeness (QED) is 0.340. The second kappa shape index (κ2) is 8.29. The zero-order valence-corrected chi connectivity index (χ0v) is 20.7. The Balaban J connectivity index is 1.94. The van der Waals surface area contributed by atoms with Gasteiger partial charge in [0.15, 0.2) is 19.9 Å². The summed E-state index contributed by atoms with van der Waals surface area (Å²) >= 11 is 0. The molecular weight excluding hydrogens is 410 g/mol. The van der Waals surface area contributed by atoms with Crippen LogP contribution in [0.15, 0.2) is 31.1 Å². The summed E-state index contributed by atoms with van der Waals surface area (Å²) in [5.74, 6) is -0.962. The maximum Gasteiger partial charge on any atom is 0.192 e. The van der Waals surface area contributed by atoms with E-state index in [0.29, 0.717) is 12.4 Å². The molecule has 8 nitrogen and oxygen atoms in total. The lowest BCUT2D eigenvalue weighted by Gasteiger charge is -2.38. The van der Waals surface area contributed by atoms with Crippen LogP contribution in [0.4, 0.5) is 5.82 Å². The van der Waals surface area contributed by atoms with Gasteiger partial charge in [0.1, 0.15) is 11.8 Å². The number of anilines is 1. The Morgan fingerprint density at radius 2 is 1.97 bits per heavy atom. The van der Waals surface area contributed by atoms with Crippen molar-refractivity contribution in [3.8, 4) is 0 Å². The highest BCUT2D eigenvalue weighted by atomic mass is 28.4. The van der Waals surface area contributed by atoms with Gasteiger partial charge in [-0.3, -0.25) is 0 Å². The third kappa shape index (κ3) is 4.85. The maximum absolute atomic E-state index is 10.4. The number of aromatic nitrogens is 3. The van der Waals surface area contributed by atoms with E-state index in [4.69, 9.17) is 14.9 Å². The first kappa shape index (κ1) is 23.9. The fraction of sp³-hybridized carbons (Fsp3) is 0.636. The van der Waals surface area contributed by atoms with Gasteiger partial charge in [-0.25, -0.2) is 9.50 Å². The van der Waals surface area contributed by atoms with E-state index in [2.05, 4.69) is 55.8 Å². The molecule has 0 bridgehead atoms. The van der Waals surface area contributed by atoms with Crippen molar-refractivity contribution in [3.63, 3.8) is 0 Å². The monoisotopic (exact) mass is 447 g/mol. The second-order valence-electron chi connectivity index (χ2n) is 10.4. The molecule has 0 saturated carbocycles. The molecule has 0 amide bonds. The van der Waals surface area contributed by atoms with Crippen molar-refractivity contribution in [2.24, 2.45) is 5.92 Å². The molecule has 9 heteroatoms. The summed E-state index contributed by atoms with van der Waals surface area (Å²) in [6.07, 6.45) is 3.01. The summed E-state index contributed by atoms with van der Waals surface area (Å²) in [5, 5.41) is 18.6. The molecule has 1 aliphatic heterocycles. The first-order valence-electron chi connectivity index (χ1n) is 10.8. The predicted molar refractivity (Wildman–Crippen MR) is 125 cm³/mol. The average Bonchev–Trinajstić information content (AvgIpc) is 3.20. The molecule has 0 spiro atoms. The van der Waals surface area contributed by atoms with Crippen LogP contribution in [0.25, 0.3) is 5.52 Å². The van der Waals surface area contributed by atoms with Gasteiger partial charge >= 0.3 is 0 Å². The number of nitrogen functional groups attached to an aromatic ring is 1. The number of rotatable bonds is 7. The first-order valence-corrected chi connectivity index (χ1v) is 13.7. The van der Waals surface area contributed by atoms with E-state index in [1.807, 2.05) is 18.2 Å². The lowest BCUT2D eigenvalue weighted by Crippen LogP contribution is -2.48. The lowest BCUT2D eigenvalue weighted by atomic mass is 9.94. The van der Waals surface area contributed by atoms with Crippen molar-refractivity contribution in [3.05, 3.63) is 36.8 Å². The molecule has 0 aliphatic carbocycles. The molecule has 0 unspecified atom stereocenters. The molecule has 4 atom stereocenters. The van der Waals surface area contributed by atoms with E-state index in [0.717, 1.165) is 11.2 Å². The third-order valence-corrected chi connectivity index (χ3v) is 11.0. The van der Waals surface area contributed by atoms with Crippen LogP contribution >= 0.6 is 0 Å². The topological polar surface area (TPSA) is 107 Å². The Hall–Kier alpha value is -1.78. The smallest absolute Gasteiger partial charge is 0.192 e. The Morgan fingerprint density at radius 1 is 1.29 bits per heavy atom. The number of fused-ring (bicyclic) bond motifs is 1. The molecule has 2 aromatic rings.